The number of hydrogen-bond donors (Lipinski definition) is 2. The highest BCUT2D eigenvalue weighted by Gasteiger charge is 2.16. The van der Waals surface area contributed by atoms with Crippen LogP contribution in [0.5, 0.6) is 0 Å². The Labute approximate surface area is 139 Å². The smallest absolute Gasteiger partial charge is 0.365 e. The van der Waals surface area contributed by atoms with Gasteiger partial charge in [0.05, 0.1) is 12.3 Å². The molecule has 120 valence electrons. The molecule has 0 atom stereocenters. The Morgan fingerprint density at radius 3 is 2.57 bits per heavy atom. The minimum absolute atomic E-state index is 0.199. The van der Waals surface area contributed by atoms with Gasteiger partial charge in [0.25, 0.3) is 0 Å². The van der Waals surface area contributed by atoms with Crippen LogP contribution >= 0.6 is 11.8 Å². The highest BCUT2D eigenvalue weighted by Crippen LogP contribution is 2.26. The lowest BCUT2D eigenvalue weighted by Crippen LogP contribution is -2.16. The number of hydrazone groups is 1. The molecule has 0 fully saturated rings. The number of para-hydroxylation sites is 1. The molecule has 0 spiro atoms. The van der Waals surface area contributed by atoms with Gasteiger partial charge in [-0.1, -0.05) is 41.6 Å². The van der Waals surface area contributed by atoms with Crippen LogP contribution in [-0.4, -0.2) is 17.6 Å². The van der Waals surface area contributed by atoms with Gasteiger partial charge in [-0.2, -0.15) is 5.10 Å². The van der Waals surface area contributed by atoms with E-state index in [1.165, 1.54) is 11.8 Å². The Morgan fingerprint density at radius 1 is 1.22 bits per heavy atom. The minimum atomic E-state index is -0.486. The second-order valence-electron chi connectivity index (χ2n) is 4.76. The van der Waals surface area contributed by atoms with E-state index in [1.54, 1.807) is 13.0 Å². The maximum absolute atomic E-state index is 12.1. The second-order valence-corrected chi connectivity index (χ2v) is 5.79. The lowest BCUT2D eigenvalue weighted by atomic mass is 10.2. The van der Waals surface area contributed by atoms with Crippen LogP contribution in [0.4, 0.5) is 11.4 Å². The number of nitrogens with one attached hydrogen (secondary N) is 1. The summed E-state index contributed by atoms with van der Waals surface area (Å²) in [6.07, 6.45) is 0. The third-order valence-electron chi connectivity index (χ3n) is 2.91. The van der Waals surface area contributed by atoms with Crippen molar-refractivity contribution in [3.63, 3.8) is 0 Å². The van der Waals surface area contributed by atoms with Crippen LogP contribution in [0, 0.1) is 6.92 Å². The number of nitrogens with zero attached hydrogens (tertiary/aromatic N) is 1. The quantitative estimate of drug-likeness (QED) is 0.224. The molecule has 0 saturated carbocycles. The van der Waals surface area contributed by atoms with Crippen molar-refractivity contribution in [3.05, 3.63) is 54.1 Å². The van der Waals surface area contributed by atoms with Crippen molar-refractivity contribution >= 4 is 34.1 Å². The molecule has 0 saturated heterocycles. The second kappa shape index (κ2) is 8.24. The number of ether oxygens (including phenoxy) is 1. The van der Waals surface area contributed by atoms with Gasteiger partial charge in [-0.3, -0.25) is 5.43 Å². The molecule has 0 amide bonds. The van der Waals surface area contributed by atoms with Crippen LogP contribution in [0.1, 0.15) is 12.5 Å². The first-order valence-corrected chi connectivity index (χ1v) is 8.01. The van der Waals surface area contributed by atoms with Crippen molar-refractivity contribution < 1.29 is 9.53 Å². The van der Waals surface area contributed by atoms with Gasteiger partial charge in [0, 0.05) is 10.6 Å². The SMILES string of the molecule is CCOC(=O)/C(=N\Nc1ccc(C)cc1)Sc1ccccc1N. The first-order valence-electron chi connectivity index (χ1n) is 7.20. The first kappa shape index (κ1) is 16.9. The summed E-state index contributed by atoms with van der Waals surface area (Å²) in [5.74, 6) is -0.486. The Balaban J connectivity index is 2.19. The number of esters is 1. The number of anilines is 2. The highest BCUT2D eigenvalue weighted by atomic mass is 32.2. The van der Waals surface area contributed by atoms with E-state index in [1.807, 2.05) is 49.4 Å². The predicted molar refractivity (Wildman–Crippen MR) is 95.6 cm³/mol. The van der Waals surface area contributed by atoms with E-state index in [2.05, 4.69) is 10.5 Å². The predicted octanol–water partition coefficient (Wildman–Crippen LogP) is 3.66. The number of thioether (sulfide) groups is 1. The van der Waals surface area contributed by atoms with Crippen LogP contribution in [-0.2, 0) is 9.53 Å². The fourth-order valence-corrected chi connectivity index (χ4v) is 2.50. The van der Waals surface area contributed by atoms with Gasteiger partial charge in [-0.05, 0) is 38.1 Å². The van der Waals surface area contributed by atoms with Gasteiger partial charge in [-0.15, -0.1) is 0 Å². The van der Waals surface area contributed by atoms with E-state index in [-0.39, 0.29) is 11.7 Å². The Hall–Kier alpha value is -2.47. The average Bonchev–Trinajstić information content (AvgIpc) is 2.55. The van der Waals surface area contributed by atoms with Crippen LogP contribution in [0.3, 0.4) is 0 Å². The Morgan fingerprint density at radius 2 is 1.91 bits per heavy atom. The standard InChI is InChI=1S/C17H19N3O2S/c1-3-22-17(21)16(23-15-7-5-4-6-14(15)18)20-19-13-10-8-12(2)9-11-13/h4-11,19H,3,18H2,1-2H3/b20-16+. The molecule has 6 heteroatoms. The molecular weight excluding hydrogens is 310 g/mol. The molecule has 0 aliphatic rings. The van der Waals surface area contributed by atoms with Crippen LogP contribution in [0.25, 0.3) is 0 Å². The molecule has 2 aromatic rings. The largest absolute Gasteiger partial charge is 0.461 e. The van der Waals surface area contributed by atoms with E-state index in [9.17, 15) is 4.79 Å². The van der Waals surface area contributed by atoms with Crippen molar-refractivity contribution in [2.24, 2.45) is 5.10 Å². The Kier molecular flexibility index (Phi) is 6.05. The van der Waals surface area contributed by atoms with E-state index >= 15 is 0 Å². The van der Waals surface area contributed by atoms with E-state index in [4.69, 9.17) is 10.5 Å². The molecule has 0 aliphatic carbocycles. The fourth-order valence-electron chi connectivity index (χ4n) is 1.72. The van der Waals surface area contributed by atoms with Crippen molar-refractivity contribution in [2.45, 2.75) is 18.7 Å². The van der Waals surface area contributed by atoms with Crippen LogP contribution in [0.15, 0.2) is 58.5 Å². The lowest BCUT2D eigenvalue weighted by Gasteiger charge is -2.08. The average molecular weight is 329 g/mol. The minimum Gasteiger partial charge on any atom is -0.461 e. The maximum Gasteiger partial charge on any atom is 0.365 e. The molecule has 23 heavy (non-hydrogen) atoms. The summed E-state index contributed by atoms with van der Waals surface area (Å²) in [6, 6.07) is 15.0. The molecule has 5 nitrogen and oxygen atoms in total. The normalized spacial score (nSPS) is 11.1. The summed E-state index contributed by atoms with van der Waals surface area (Å²) in [4.78, 5) is 12.8. The van der Waals surface area contributed by atoms with Crippen LogP contribution < -0.4 is 11.2 Å². The topological polar surface area (TPSA) is 76.7 Å². The summed E-state index contributed by atoms with van der Waals surface area (Å²) in [6.45, 7) is 4.04. The van der Waals surface area contributed by atoms with Gasteiger partial charge in [0.1, 0.15) is 0 Å². The fraction of sp³-hybridized carbons (Fsp3) is 0.176. The van der Waals surface area contributed by atoms with Crippen molar-refractivity contribution in [3.8, 4) is 0 Å². The van der Waals surface area contributed by atoms with Gasteiger partial charge < -0.3 is 10.5 Å². The molecule has 0 heterocycles. The third-order valence-corrected chi connectivity index (χ3v) is 3.96. The van der Waals surface area contributed by atoms with E-state index < -0.39 is 5.97 Å². The lowest BCUT2D eigenvalue weighted by molar-refractivity contribution is -0.134. The van der Waals surface area contributed by atoms with Gasteiger partial charge in [0.15, 0.2) is 0 Å². The maximum atomic E-state index is 12.1. The molecule has 2 rings (SSSR count). The zero-order valence-electron chi connectivity index (χ0n) is 13.1. The number of nitrogens with two attached hydrogens (primary N) is 1. The molecule has 0 aromatic heterocycles. The molecule has 0 aliphatic heterocycles. The number of aryl methyl sites for hydroxylation is 1. The van der Waals surface area contributed by atoms with Crippen molar-refractivity contribution in [1.29, 1.82) is 0 Å². The first-order chi connectivity index (χ1) is 11.1. The molecule has 0 radical (unpaired) electrons. The monoisotopic (exact) mass is 329 g/mol. The number of carbonyl (C=O) groups is 1. The zero-order chi connectivity index (χ0) is 16.7. The summed E-state index contributed by atoms with van der Waals surface area (Å²) >= 11 is 1.17. The summed E-state index contributed by atoms with van der Waals surface area (Å²) in [5.41, 5.74) is 11.3. The molecule has 3 N–H and O–H groups in total. The number of rotatable bonds is 4. The summed E-state index contributed by atoms with van der Waals surface area (Å²) in [7, 11) is 0. The number of nitrogen functional groups attached to an aromatic ring is 1. The van der Waals surface area contributed by atoms with E-state index in [0.717, 1.165) is 16.1 Å². The summed E-state index contributed by atoms with van der Waals surface area (Å²) in [5, 5.41) is 4.38. The third kappa shape index (κ3) is 5.03. The number of benzene rings is 2. The number of carbonyl (C=O) groups excluding carboxylic acids is 1. The van der Waals surface area contributed by atoms with Gasteiger partial charge in [-0.25, -0.2) is 4.79 Å². The molecule has 0 bridgehead atoms. The molecule has 0 unspecified atom stereocenters. The van der Waals surface area contributed by atoms with Gasteiger partial charge >= 0.3 is 5.97 Å². The number of hydrogen-bond acceptors (Lipinski definition) is 6. The highest BCUT2D eigenvalue weighted by molar-refractivity contribution is 8.15. The van der Waals surface area contributed by atoms with Crippen molar-refractivity contribution in [2.75, 3.05) is 17.8 Å². The van der Waals surface area contributed by atoms with E-state index in [0.29, 0.717) is 5.69 Å². The zero-order valence-corrected chi connectivity index (χ0v) is 13.9. The molecule has 2 aromatic carbocycles. The van der Waals surface area contributed by atoms with Crippen LogP contribution in [0.2, 0.25) is 0 Å². The summed E-state index contributed by atoms with van der Waals surface area (Å²) < 4.78 is 5.05. The Bertz CT molecular complexity index is 699. The van der Waals surface area contributed by atoms with Gasteiger partial charge in [0.2, 0.25) is 5.04 Å². The van der Waals surface area contributed by atoms with Crippen molar-refractivity contribution in [1.82, 2.24) is 0 Å². The molecular formula is C17H19N3O2S.